The summed E-state index contributed by atoms with van der Waals surface area (Å²) in [6, 6.07) is 17.0. The quantitative estimate of drug-likeness (QED) is 0.669. The minimum Gasteiger partial charge on any atom is -0.496 e. The lowest BCUT2D eigenvalue weighted by atomic mass is 10.0. The average Bonchev–Trinajstić information content (AvgIpc) is 2.69. The van der Waals surface area contributed by atoms with Gasteiger partial charge in [-0.2, -0.15) is 5.26 Å². The molecule has 0 aliphatic carbocycles. The summed E-state index contributed by atoms with van der Waals surface area (Å²) in [4.78, 5) is 2.12. The van der Waals surface area contributed by atoms with Crippen molar-refractivity contribution in [3.8, 4) is 17.6 Å². The molecule has 0 aromatic heterocycles. The van der Waals surface area contributed by atoms with E-state index in [0.717, 1.165) is 11.3 Å². The Morgan fingerprint density at radius 2 is 1.81 bits per heavy atom. The van der Waals surface area contributed by atoms with E-state index >= 15 is 0 Å². The van der Waals surface area contributed by atoms with Crippen molar-refractivity contribution in [2.75, 3.05) is 40.9 Å². The number of nitrogens with one attached hydrogen (secondary N) is 1. The lowest BCUT2D eigenvalue weighted by molar-refractivity contribution is 0.104. The van der Waals surface area contributed by atoms with Gasteiger partial charge in [0.15, 0.2) is 0 Å². The van der Waals surface area contributed by atoms with Crippen molar-refractivity contribution in [2.24, 2.45) is 0 Å². The van der Waals surface area contributed by atoms with E-state index in [0.29, 0.717) is 24.4 Å². The van der Waals surface area contributed by atoms with E-state index < -0.39 is 6.10 Å². The fourth-order valence-electron chi connectivity index (χ4n) is 2.78. The van der Waals surface area contributed by atoms with Gasteiger partial charge in [0, 0.05) is 18.7 Å². The fraction of sp³-hybridized carbons (Fsp3) is 0.381. The lowest BCUT2D eigenvalue weighted by Gasteiger charge is -2.27. The Morgan fingerprint density at radius 1 is 1.11 bits per heavy atom. The van der Waals surface area contributed by atoms with Gasteiger partial charge in [0.2, 0.25) is 0 Å². The second kappa shape index (κ2) is 10.5. The van der Waals surface area contributed by atoms with Gasteiger partial charge in [-0.3, -0.25) is 0 Å². The average molecular weight is 369 g/mol. The molecular formula is C21H27N3O3. The third kappa shape index (κ3) is 6.26. The standard InChI is InChI=1S/C21H27N3O3/c1-24(2)20(19-6-4-5-7-21(19)26-3)14-23-13-17(25)15-27-18-10-8-16(12-22)9-11-18/h4-11,17,20,23,25H,13-15H2,1-3H3/t17-,20+/m0/s1. The Balaban J connectivity index is 1.82. The van der Waals surface area contributed by atoms with Crippen LogP contribution < -0.4 is 14.8 Å². The number of aliphatic hydroxyl groups is 1. The molecule has 27 heavy (non-hydrogen) atoms. The van der Waals surface area contributed by atoms with Gasteiger partial charge in [0.05, 0.1) is 24.8 Å². The van der Waals surface area contributed by atoms with Crippen LogP contribution in [0.25, 0.3) is 0 Å². The van der Waals surface area contributed by atoms with Crippen molar-refractivity contribution in [3.63, 3.8) is 0 Å². The minimum absolute atomic E-state index is 0.118. The van der Waals surface area contributed by atoms with Gasteiger partial charge in [0.25, 0.3) is 0 Å². The molecule has 6 heteroatoms. The monoisotopic (exact) mass is 369 g/mol. The maximum absolute atomic E-state index is 10.2. The molecule has 6 nitrogen and oxygen atoms in total. The first-order valence-electron chi connectivity index (χ1n) is 8.86. The highest BCUT2D eigenvalue weighted by Crippen LogP contribution is 2.27. The first kappa shape index (κ1) is 20.7. The summed E-state index contributed by atoms with van der Waals surface area (Å²) in [6.07, 6.45) is -0.638. The van der Waals surface area contributed by atoms with E-state index in [-0.39, 0.29) is 12.6 Å². The van der Waals surface area contributed by atoms with E-state index in [1.807, 2.05) is 32.3 Å². The fourth-order valence-corrected chi connectivity index (χ4v) is 2.78. The zero-order valence-electron chi connectivity index (χ0n) is 16.1. The molecule has 2 rings (SSSR count). The molecule has 2 N–H and O–H groups in total. The van der Waals surface area contributed by atoms with Crippen molar-refractivity contribution in [1.29, 1.82) is 5.26 Å². The molecule has 0 saturated heterocycles. The van der Waals surface area contributed by atoms with E-state index in [9.17, 15) is 5.11 Å². The predicted molar refractivity (Wildman–Crippen MR) is 105 cm³/mol. The summed E-state index contributed by atoms with van der Waals surface area (Å²) in [5.74, 6) is 1.48. The van der Waals surface area contributed by atoms with Crippen LogP contribution in [0.5, 0.6) is 11.5 Å². The summed E-state index contributed by atoms with van der Waals surface area (Å²) in [7, 11) is 5.70. The van der Waals surface area contributed by atoms with Gasteiger partial charge < -0.3 is 24.8 Å². The number of aliphatic hydroxyl groups excluding tert-OH is 1. The summed E-state index contributed by atoms with van der Waals surface area (Å²) in [5.41, 5.74) is 1.68. The molecule has 0 amide bonds. The predicted octanol–water partition coefficient (Wildman–Crippen LogP) is 2.20. The molecule has 0 saturated carbocycles. The largest absolute Gasteiger partial charge is 0.496 e. The van der Waals surface area contributed by atoms with Crippen molar-refractivity contribution < 1.29 is 14.6 Å². The third-order valence-electron chi connectivity index (χ3n) is 4.26. The molecule has 2 aromatic rings. The number of para-hydroxylation sites is 1. The van der Waals surface area contributed by atoms with Gasteiger partial charge in [-0.25, -0.2) is 0 Å². The highest BCUT2D eigenvalue weighted by Gasteiger charge is 2.18. The Kier molecular flexibility index (Phi) is 8.08. The van der Waals surface area contributed by atoms with Crippen molar-refractivity contribution in [1.82, 2.24) is 10.2 Å². The summed E-state index contributed by atoms with van der Waals surface area (Å²) >= 11 is 0. The van der Waals surface area contributed by atoms with Gasteiger partial charge in [-0.15, -0.1) is 0 Å². The molecule has 2 aromatic carbocycles. The van der Waals surface area contributed by atoms with Gasteiger partial charge in [-0.1, -0.05) is 18.2 Å². The van der Waals surface area contributed by atoms with Crippen molar-refractivity contribution >= 4 is 0 Å². The summed E-state index contributed by atoms with van der Waals surface area (Å²) in [5, 5.41) is 22.2. The first-order chi connectivity index (χ1) is 13.0. The molecule has 0 aliphatic rings. The van der Waals surface area contributed by atoms with Gasteiger partial charge >= 0.3 is 0 Å². The molecule has 144 valence electrons. The second-order valence-electron chi connectivity index (χ2n) is 6.48. The number of hydrogen-bond acceptors (Lipinski definition) is 6. The SMILES string of the molecule is COc1ccccc1[C@@H](CNC[C@H](O)COc1ccc(C#N)cc1)N(C)C. The van der Waals surface area contributed by atoms with Crippen LogP contribution in [0.15, 0.2) is 48.5 Å². The van der Waals surface area contributed by atoms with Crippen molar-refractivity contribution in [3.05, 3.63) is 59.7 Å². The normalized spacial score (nSPS) is 13.0. The van der Waals surface area contributed by atoms with E-state index in [4.69, 9.17) is 14.7 Å². The van der Waals surface area contributed by atoms with E-state index in [2.05, 4.69) is 22.4 Å². The molecule has 0 radical (unpaired) electrons. The Labute approximate surface area is 160 Å². The summed E-state index contributed by atoms with van der Waals surface area (Å²) in [6.45, 7) is 1.26. The number of methoxy groups -OCH3 is 1. The topological polar surface area (TPSA) is 77.7 Å². The molecule has 0 unspecified atom stereocenters. The molecule has 2 atom stereocenters. The van der Waals surface area contributed by atoms with Crippen molar-refractivity contribution in [2.45, 2.75) is 12.1 Å². The number of rotatable bonds is 10. The zero-order chi connectivity index (χ0) is 19.6. The Hall–Kier alpha value is -2.59. The third-order valence-corrected chi connectivity index (χ3v) is 4.26. The number of nitrogens with zero attached hydrogens (tertiary/aromatic N) is 2. The van der Waals surface area contributed by atoms with Gasteiger partial charge in [-0.05, 0) is 44.4 Å². The van der Waals surface area contributed by atoms with Gasteiger partial charge in [0.1, 0.15) is 24.2 Å². The number of ether oxygens (including phenoxy) is 2. The highest BCUT2D eigenvalue weighted by molar-refractivity contribution is 5.36. The van der Waals surface area contributed by atoms with Crippen LogP contribution in [0.1, 0.15) is 17.2 Å². The molecular weight excluding hydrogens is 342 g/mol. The lowest BCUT2D eigenvalue weighted by Crippen LogP contribution is -2.37. The molecule has 0 heterocycles. The highest BCUT2D eigenvalue weighted by atomic mass is 16.5. The van der Waals surface area contributed by atoms with E-state index in [1.165, 1.54) is 0 Å². The van der Waals surface area contributed by atoms with Crippen LogP contribution in [0.2, 0.25) is 0 Å². The van der Waals surface area contributed by atoms with E-state index in [1.54, 1.807) is 31.4 Å². The van der Waals surface area contributed by atoms with Crippen LogP contribution in [0.3, 0.4) is 0 Å². The van der Waals surface area contributed by atoms with Crippen LogP contribution in [0, 0.1) is 11.3 Å². The van der Waals surface area contributed by atoms with Crippen LogP contribution >= 0.6 is 0 Å². The Morgan fingerprint density at radius 3 is 2.44 bits per heavy atom. The number of benzene rings is 2. The maximum Gasteiger partial charge on any atom is 0.123 e. The zero-order valence-corrected chi connectivity index (χ0v) is 16.1. The molecule has 0 spiro atoms. The smallest absolute Gasteiger partial charge is 0.123 e. The maximum atomic E-state index is 10.2. The first-order valence-corrected chi connectivity index (χ1v) is 8.86. The molecule has 0 bridgehead atoms. The number of nitriles is 1. The number of hydrogen-bond donors (Lipinski definition) is 2. The van der Waals surface area contributed by atoms with Crippen LogP contribution in [-0.4, -0.2) is 57.0 Å². The van der Waals surface area contributed by atoms with Crippen LogP contribution in [-0.2, 0) is 0 Å². The molecule has 0 aliphatic heterocycles. The second-order valence-corrected chi connectivity index (χ2v) is 6.48. The minimum atomic E-state index is -0.638. The van der Waals surface area contributed by atoms with Crippen LogP contribution in [0.4, 0.5) is 0 Å². The number of likely N-dealkylation sites (N-methyl/N-ethyl adjacent to an activating group) is 1. The summed E-state index contributed by atoms with van der Waals surface area (Å²) < 4.78 is 11.0. The Bertz CT molecular complexity index is 741. The molecule has 0 fully saturated rings.